The van der Waals surface area contributed by atoms with Gasteiger partial charge in [0.15, 0.2) is 5.82 Å². The number of carbonyl (C=O) groups is 2. The lowest BCUT2D eigenvalue weighted by Gasteiger charge is -2.20. The van der Waals surface area contributed by atoms with Crippen molar-refractivity contribution in [3.05, 3.63) is 30.1 Å². The third-order valence-corrected chi connectivity index (χ3v) is 6.48. The number of nitrogens with one attached hydrogen (secondary N) is 1. The number of hydrogen-bond donors (Lipinski definition) is 2. The van der Waals surface area contributed by atoms with Gasteiger partial charge < -0.3 is 16.1 Å². The van der Waals surface area contributed by atoms with Crippen molar-refractivity contribution in [1.82, 2.24) is 14.9 Å². The second-order valence-corrected chi connectivity index (χ2v) is 8.49. The zero-order chi connectivity index (χ0) is 20.2. The van der Waals surface area contributed by atoms with E-state index < -0.39 is 0 Å². The minimum absolute atomic E-state index is 0.0903. The van der Waals surface area contributed by atoms with Crippen molar-refractivity contribution in [3.8, 4) is 0 Å². The van der Waals surface area contributed by atoms with Crippen molar-refractivity contribution in [2.24, 2.45) is 0 Å². The number of anilines is 2. The maximum Gasteiger partial charge on any atom is 0.234 e. The van der Waals surface area contributed by atoms with Gasteiger partial charge >= 0.3 is 0 Å². The molecule has 9 heteroatoms. The van der Waals surface area contributed by atoms with Crippen LogP contribution in [-0.4, -0.2) is 39.0 Å². The molecule has 0 bridgehead atoms. The molecular formula is C20H26N6O2S. The van der Waals surface area contributed by atoms with Crippen LogP contribution in [0.1, 0.15) is 56.7 Å². The Bertz CT molecular complexity index is 893. The van der Waals surface area contributed by atoms with Crippen LogP contribution in [0.15, 0.2) is 29.4 Å². The van der Waals surface area contributed by atoms with Gasteiger partial charge in [-0.2, -0.15) is 0 Å². The number of nitrogen functional groups attached to an aromatic ring is 1. The van der Waals surface area contributed by atoms with Gasteiger partial charge in [0.1, 0.15) is 0 Å². The number of benzene rings is 1. The Balaban J connectivity index is 1.38. The van der Waals surface area contributed by atoms with Crippen molar-refractivity contribution in [2.75, 3.05) is 28.4 Å². The van der Waals surface area contributed by atoms with E-state index >= 15 is 0 Å². The third kappa shape index (κ3) is 4.39. The number of rotatable bonds is 6. The molecule has 2 fully saturated rings. The third-order valence-electron chi connectivity index (χ3n) is 5.54. The summed E-state index contributed by atoms with van der Waals surface area (Å²) in [6.07, 6.45) is 7.23. The number of thioether (sulfide) groups is 1. The Morgan fingerprint density at radius 1 is 1.17 bits per heavy atom. The molecule has 0 atom stereocenters. The lowest BCUT2D eigenvalue weighted by atomic mass is 9.89. The van der Waals surface area contributed by atoms with Crippen molar-refractivity contribution in [1.29, 1.82) is 0 Å². The summed E-state index contributed by atoms with van der Waals surface area (Å²) >= 11 is 1.27. The molecule has 2 aromatic rings. The maximum atomic E-state index is 12.5. The van der Waals surface area contributed by atoms with Crippen LogP contribution >= 0.6 is 11.8 Å². The first-order chi connectivity index (χ1) is 14.1. The second kappa shape index (κ2) is 8.86. The molecule has 8 nitrogen and oxygen atoms in total. The molecule has 1 saturated heterocycles. The van der Waals surface area contributed by atoms with Gasteiger partial charge in [0.25, 0.3) is 0 Å². The molecule has 29 heavy (non-hydrogen) atoms. The number of nitrogens with zero attached hydrogens (tertiary/aromatic N) is 4. The van der Waals surface area contributed by atoms with E-state index in [9.17, 15) is 9.59 Å². The zero-order valence-electron chi connectivity index (χ0n) is 16.3. The van der Waals surface area contributed by atoms with Crippen LogP contribution in [0.3, 0.4) is 0 Å². The summed E-state index contributed by atoms with van der Waals surface area (Å²) in [5.41, 5.74) is 1.39. The highest BCUT2D eigenvalue weighted by atomic mass is 32.2. The summed E-state index contributed by atoms with van der Waals surface area (Å²) in [7, 11) is 0. The number of amides is 2. The van der Waals surface area contributed by atoms with Crippen molar-refractivity contribution in [2.45, 2.75) is 56.0 Å². The number of hydrogen-bond acceptors (Lipinski definition) is 6. The molecule has 1 saturated carbocycles. The number of aromatic nitrogens is 3. The molecule has 2 aliphatic rings. The first kappa shape index (κ1) is 19.8. The van der Waals surface area contributed by atoms with E-state index in [1.54, 1.807) is 4.90 Å². The number of carbonyl (C=O) groups excluding carboxylic acids is 2. The molecule has 4 rings (SSSR count). The Labute approximate surface area is 174 Å². The van der Waals surface area contributed by atoms with E-state index in [1.807, 2.05) is 24.3 Å². The normalized spacial score (nSPS) is 17.7. The van der Waals surface area contributed by atoms with Crippen LogP contribution in [0.2, 0.25) is 0 Å². The van der Waals surface area contributed by atoms with Crippen LogP contribution in [0.5, 0.6) is 0 Å². The Hall–Kier alpha value is -2.55. The van der Waals surface area contributed by atoms with Gasteiger partial charge in [-0.3, -0.25) is 9.59 Å². The summed E-state index contributed by atoms with van der Waals surface area (Å²) in [4.78, 5) is 26.3. The van der Waals surface area contributed by atoms with Crippen molar-refractivity contribution < 1.29 is 9.59 Å². The van der Waals surface area contributed by atoms with Gasteiger partial charge in [-0.25, -0.2) is 4.68 Å². The lowest BCUT2D eigenvalue weighted by Crippen LogP contribution is -2.26. The summed E-state index contributed by atoms with van der Waals surface area (Å²) in [5.74, 6) is 7.45. The molecule has 154 valence electrons. The minimum atomic E-state index is -0.170. The van der Waals surface area contributed by atoms with E-state index in [2.05, 4.69) is 15.5 Å². The monoisotopic (exact) mass is 414 g/mol. The largest absolute Gasteiger partial charge is 0.336 e. The average molecular weight is 415 g/mol. The van der Waals surface area contributed by atoms with E-state index in [4.69, 9.17) is 5.84 Å². The zero-order valence-corrected chi connectivity index (χ0v) is 17.2. The quantitative estimate of drug-likeness (QED) is 0.556. The fourth-order valence-corrected chi connectivity index (χ4v) is 4.72. The molecule has 3 N–H and O–H groups in total. The van der Waals surface area contributed by atoms with Gasteiger partial charge in [0, 0.05) is 18.9 Å². The number of nitrogens with two attached hydrogens (primary N) is 1. The lowest BCUT2D eigenvalue weighted by molar-refractivity contribution is -0.117. The van der Waals surface area contributed by atoms with Gasteiger partial charge in [0.05, 0.1) is 17.1 Å². The van der Waals surface area contributed by atoms with E-state index in [-0.39, 0.29) is 17.6 Å². The SMILES string of the molecule is Nn1c(SCC(=O)Nc2ccccc2N2CCCC2=O)nnc1C1CCCCC1. The minimum Gasteiger partial charge on any atom is -0.336 e. The highest BCUT2D eigenvalue weighted by Gasteiger charge is 2.25. The Morgan fingerprint density at radius 3 is 2.72 bits per heavy atom. The van der Waals surface area contributed by atoms with Crippen molar-refractivity contribution >= 4 is 35.0 Å². The van der Waals surface area contributed by atoms with E-state index in [0.717, 1.165) is 30.8 Å². The van der Waals surface area contributed by atoms with Gasteiger partial charge in [-0.1, -0.05) is 43.2 Å². The molecule has 0 radical (unpaired) electrons. The Kier molecular flexibility index (Phi) is 6.03. The molecule has 1 aliphatic carbocycles. The summed E-state index contributed by atoms with van der Waals surface area (Å²) in [6.45, 7) is 0.681. The van der Waals surface area contributed by atoms with Crippen LogP contribution in [0.25, 0.3) is 0 Å². The highest BCUT2D eigenvalue weighted by Crippen LogP contribution is 2.32. The maximum absolute atomic E-state index is 12.5. The van der Waals surface area contributed by atoms with Gasteiger partial charge in [-0.05, 0) is 31.4 Å². The van der Waals surface area contributed by atoms with Crippen molar-refractivity contribution in [3.63, 3.8) is 0 Å². The topological polar surface area (TPSA) is 106 Å². The average Bonchev–Trinajstić information content (AvgIpc) is 3.33. The van der Waals surface area contributed by atoms with E-state index in [1.165, 1.54) is 35.7 Å². The fraction of sp³-hybridized carbons (Fsp3) is 0.500. The smallest absolute Gasteiger partial charge is 0.234 e. The highest BCUT2D eigenvalue weighted by molar-refractivity contribution is 7.99. The second-order valence-electron chi connectivity index (χ2n) is 7.55. The molecular weight excluding hydrogens is 388 g/mol. The summed E-state index contributed by atoms with van der Waals surface area (Å²) in [6, 6.07) is 7.39. The number of para-hydroxylation sites is 2. The first-order valence-corrected chi connectivity index (χ1v) is 11.1. The summed E-state index contributed by atoms with van der Waals surface area (Å²) in [5, 5.41) is 11.9. The molecule has 0 spiro atoms. The molecule has 2 amide bonds. The Morgan fingerprint density at radius 2 is 1.97 bits per heavy atom. The van der Waals surface area contributed by atoms with Crippen LogP contribution in [0.4, 0.5) is 11.4 Å². The van der Waals surface area contributed by atoms with Gasteiger partial charge in [0.2, 0.25) is 17.0 Å². The van der Waals surface area contributed by atoms with E-state index in [0.29, 0.717) is 29.7 Å². The van der Waals surface area contributed by atoms with Crippen LogP contribution < -0.4 is 16.1 Å². The standard InChI is InChI=1S/C20H26N6O2S/c21-26-19(14-7-2-1-3-8-14)23-24-20(26)29-13-17(27)22-15-9-4-5-10-16(15)25-12-6-11-18(25)28/h4-5,9-10,14H,1-3,6-8,11-13,21H2,(H,22,27). The van der Waals surface area contributed by atoms with Gasteiger partial charge in [-0.15, -0.1) is 10.2 Å². The molecule has 1 aromatic carbocycles. The van der Waals surface area contributed by atoms with Crippen LogP contribution in [0, 0.1) is 0 Å². The van der Waals surface area contributed by atoms with Crippen LogP contribution in [-0.2, 0) is 9.59 Å². The molecule has 1 aliphatic heterocycles. The molecule has 1 aromatic heterocycles. The first-order valence-electron chi connectivity index (χ1n) is 10.2. The molecule has 0 unspecified atom stereocenters. The summed E-state index contributed by atoms with van der Waals surface area (Å²) < 4.78 is 1.53. The molecule has 2 heterocycles. The fourth-order valence-electron chi connectivity index (χ4n) is 4.06. The predicted molar refractivity (Wildman–Crippen MR) is 113 cm³/mol. The predicted octanol–water partition coefficient (Wildman–Crippen LogP) is 2.90.